The number of halogens is 1. The van der Waals surface area contributed by atoms with Gasteiger partial charge in [-0.25, -0.2) is 4.79 Å². The largest absolute Gasteiger partial charge is 0.444 e. The molecule has 0 aliphatic carbocycles. The molecule has 0 saturated heterocycles. The van der Waals surface area contributed by atoms with Crippen LogP contribution in [-0.4, -0.2) is 35.3 Å². The maximum Gasteiger partial charge on any atom is 0.408 e. The fourth-order valence-corrected chi connectivity index (χ4v) is 1.83. The van der Waals surface area contributed by atoms with Gasteiger partial charge < -0.3 is 20.5 Å². The number of carbonyl (C=O) groups is 2. The highest BCUT2D eigenvalue weighted by molar-refractivity contribution is 6.30. The van der Waals surface area contributed by atoms with Gasteiger partial charge in [-0.15, -0.1) is 0 Å². The van der Waals surface area contributed by atoms with Crippen LogP contribution in [0.1, 0.15) is 39.4 Å². The molecule has 3 N–H and O–H groups in total. The molecule has 1 aromatic carbocycles. The second-order valence-corrected chi connectivity index (χ2v) is 6.62. The van der Waals surface area contributed by atoms with Gasteiger partial charge in [0.05, 0.1) is 6.10 Å². The summed E-state index contributed by atoms with van der Waals surface area (Å²) in [4.78, 5) is 23.5. The average molecular weight is 343 g/mol. The zero-order valence-electron chi connectivity index (χ0n) is 13.7. The minimum absolute atomic E-state index is 0.0286. The lowest BCUT2D eigenvalue weighted by Gasteiger charge is -2.22. The van der Waals surface area contributed by atoms with Crippen molar-refractivity contribution in [3.63, 3.8) is 0 Å². The number of aliphatic hydroxyl groups excluding tert-OH is 1. The first-order valence-corrected chi connectivity index (χ1v) is 7.67. The highest BCUT2D eigenvalue weighted by Gasteiger charge is 2.21. The maximum atomic E-state index is 11.9. The number of ether oxygens (including phenoxy) is 1. The van der Waals surface area contributed by atoms with Crippen molar-refractivity contribution in [2.75, 3.05) is 6.54 Å². The van der Waals surface area contributed by atoms with Gasteiger partial charge in [0.2, 0.25) is 5.91 Å². The predicted molar refractivity (Wildman–Crippen MR) is 88.3 cm³/mol. The van der Waals surface area contributed by atoms with Gasteiger partial charge in [-0.1, -0.05) is 23.7 Å². The normalized spacial score (nSPS) is 13.8. The molecular formula is C16H23ClN2O4. The summed E-state index contributed by atoms with van der Waals surface area (Å²) >= 11 is 5.78. The van der Waals surface area contributed by atoms with Crippen LogP contribution in [-0.2, 0) is 9.53 Å². The Bertz CT molecular complexity index is 540. The smallest absolute Gasteiger partial charge is 0.408 e. The van der Waals surface area contributed by atoms with Crippen LogP contribution < -0.4 is 10.6 Å². The summed E-state index contributed by atoms with van der Waals surface area (Å²) in [6, 6.07) is 5.91. The summed E-state index contributed by atoms with van der Waals surface area (Å²) in [6.45, 7) is 6.77. The molecule has 7 heteroatoms. The molecule has 0 aliphatic rings. The average Bonchev–Trinajstić information content (AvgIpc) is 2.42. The van der Waals surface area contributed by atoms with Crippen molar-refractivity contribution in [3.8, 4) is 0 Å². The van der Waals surface area contributed by atoms with E-state index in [1.165, 1.54) is 6.92 Å². The lowest BCUT2D eigenvalue weighted by Crippen LogP contribution is -2.47. The van der Waals surface area contributed by atoms with E-state index in [2.05, 4.69) is 10.6 Å². The monoisotopic (exact) mass is 342 g/mol. The number of amides is 2. The van der Waals surface area contributed by atoms with Gasteiger partial charge in [0.15, 0.2) is 0 Å². The summed E-state index contributed by atoms with van der Waals surface area (Å²) in [5.41, 5.74) is 0.00729. The van der Waals surface area contributed by atoms with Gasteiger partial charge in [-0.2, -0.15) is 0 Å². The molecule has 23 heavy (non-hydrogen) atoms. The Morgan fingerprint density at radius 2 is 1.83 bits per heavy atom. The number of rotatable bonds is 5. The fraction of sp³-hybridized carbons (Fsp3) is 0.500. The number of benzene rings is 1. The van der Waals surface area contributed by atoms with Crippen LogP contribution in [0.4, 0.5) is 4.79 Å². The highest BCUT2D eigenvalue weighted by Crippen LogP contribution is 2.15. The van der Waals surface area contributed by atoms with Gasteiger partial charge in [0.25, 0.3) is 0 Å². The third-order valence-electron chi connectivity index (χ3n) is 2.85. The van der Waals surface area contributed by atoms with E-state index in [9.17, 15) is 14.7 Å². The quantitative estimate of drug-likeness (QED) is 0.766. The van der Waals surface area contributed by atoms with Crippen molar-refractivity contribution >= 4 is 23.6 Å². The highest BCUT2D eigenvalue weighted by atomic mass is 35.5. The zero-order valence-corrected chi connectivity index (χ0v) is 14.5. The molecule has 0 aliphatic heterocycles. The van der Waals surface area contributed by atoms with E-state index in [1.54, 1.807) is 45.0 Å². The van der Waals surface area contributed by atoms with Crippen molar-refractivity contribution < 1.29 is 19.4 Å². The van der Waals surface area contributed by atoms with E-state index in [0.29, 0.717) is 10.6 Å². The number of carbonyl (C=O) groups excluding carboxylic acids is 2. The van der Waals surface area contributed by atoms with E-state index in [4.69, 9.17) is 16.3 Å². The predicted octanol–water partition coefficient (Wildman–Crippen LogP) is 2.40. The number of nitrogens with one attached hydrogen (secondary N) is 2. The first kappa shape index (κ1) is 19.3. The molecule has 1 aromatic rings. The van der Waals surface area contributed by atoms with E-state index in [1.807, 2.05) is 0 Å². The van der Waals surface area contributed by atoms with Gasteiger partial charge in [0.1, 0.15) is 11.6 Å². The molecule has 1 unspecified atom stereocenters. The summed E-state index contributed by atoms with van der Waals surface area (Å²) < 4.78 is 5.07. The molecule has 0 saturated carbocycles. The zero-order chi connectivity index (χ0) is 17.6. The molecule has 0 aromatic heterocycles. The summed E-state index contributed by atoms with van der Waals surface area (Å²) in [7, 11) is 0. The molecule has 128 valence electrons. The number of hydrogen-bond donors (Lipinski definition) is 3. The Kier molecular flexibility index (Phi) is 6.84. The van der Waals surface area contributed by atoms with Gasteiger partial charge in [-0.05, 0) is 45.4 Å². The van der Waals surface area contributed by atoms with E-state index >= 15 is 0 Å². The minimum Gasteiger partial charge on any atom is -0.444 e. The van der Waals surface area contributed by atoms with Crippen molar-refractivity contribution in [3.05, 3.63) is 34.9 Å². The SMILES string of the molecule is C[C@@H](NC(=O)OC(C)(C)C)C(=O)NCC(O)c1ccc(Cl)cc1. The first-order chi connectivity index (χ1) is 10.6. The third-order valence-corrected chi connectivity index (χ3v) is 3.10. The molecule has 0 fully saturated rings. The number of hydrogen-bond acceptors (Lipinski definition) is 4. The van der Waals surface area contributed by atoms with Crippen LogP contribution in [0.5, 0.6) is 0 Å². The number of alkyl carbamates (subject to hydrolysis) is 1. The Hall–Kier alpha value is -1.79. The Morgan fingerprint density at radius 3 is 2.35 bits per heavy atom. The lowest BCUT2D eigenvalue weighted by atomic mass is 10.1. The molecule has 6 nitrogen and oxygen atoms in total. The van der Waals surface area contributed by atoms with E-state index in [0.717, 1.165) is 0 Å². The second kappa shape index (κ2) is 8.17. The van der Waals surface area contributed by atoms with Crippen LogP contribution in [0.2, 0.25) is 5.02 Å². The number of aliphatic hydroxyl groups is 1. The summed E-state index contributed by atoms with van der Waals surface area (Å²) in [5.74, 6) is -0.413. The van der Waals surface area contributed by atoms with Gasteiger partial charge in [0, 0.05) is 11.6 Å². The molecule has 2 atom stereocenters. The van der Waals surface area contributed by atoms with Crippen LogP contribution in [0.15, 0.2) is 24.3 Å². The lowest BCUT2D eigenvalue weighted by molar-refractivity contribution is -0.123. The van der Waals surface area contributed by atoms with Crippen molar-refractivity contribution in [2.24, 2.45) is 0 Å². The standard InChI is InChI=1S/C16H23ClN2O4/c1-10(19-15(22)23-16(2,3)4)14(21)18-9-13(20)11-5-7-12(17)8-6-11/h5-8,10,13,20H,9H2,1-4H3,(H,18,21)(H,19,22)/t10-,13?/m1/s1. The molecule has 0 heterocycles. The van der Waals surface area contributed by atoms with Crippen molar-refractivity contribution in [1.29, 1.82) is 0 Å². The van der Waals surface area contributed by atoms with E-state index in [-0.39, 0.29) is 6.54 Å². The van der Waals surface area contributed by atoms with Crippen LogP contribution >= 0.6 is 11.6 Å². The fourth-order valence-electron chi connectivity index (χ4n) is 1.70. The molecule has 1 rings (SSSR count). The topological polar surface area (TPSA) is 87.7 Å². The van der Waals surface area contributed by atoms with Crippen molar-refractivity contribution in [2.45, 2.75) is 45.4 Å². The Balaban J connectivity index is 2.43. The first-order valence-electron chi connectivity index (χ1n) is 7.29. The summed E-state index contributed by atoms with van der Waals surface area (Å²) in [6.07, 6.45) is -1.52. The van der Waals surface area contributed by atoms with E-state index < -0.39 is 29.7 Å². The van der Waals surface area contributed by atoms with Gasteiger partial charge >= 0.3 is 6.09 Å². The molecule has 0 radical (unpaired) electrons. The third kappa shape index (κ3) is 7.34. The molecule has 0 bridgehead atoms. The molecular weight excluding hydrogens is 320 g/mol. The molecule has 2 amide bonds. The van der Waals surface area contributed by atoms with Crippen LogP contribution in [0.3, 0.4) is 0 Å². The Labute approximate surface area is 141 Å². The summed E-state index contributed by atoms with van der Waals surface area (Å²) in [5, 5.41) is 15.6. The minimum atomic E-state index is -0.857. The van der Waals surface area contributed by atoms with Crippen LogP contribution in [0.25, 0.3) is 0 Å². The van der Waals surface area contributed by atoms with Crippen molar-refractivity contribution in [1.82, 2.24) is 10.6 Å². The Morgan fingerprint density at radius 1 is 1.26 bits per heavy atom. The second-order valence-electron chi connectivity index (χ2n) is 6.18. The molecule has 0 spiro atoms. The van der Waals surface area contributed by atoms with Crippen LogP contribution in [0, 0.1) is 0 Å². The maximum absolute atomic E-state index is 11.9. The van der Waals surface area contributed by atoms with Gasteiger partial charge in [-0.3, -0.25) is 4.79 Å².